The van der Waals surface area contributed by atoms with Gasteiger partial charge in [-0.3, -0.25) is 4.79 Å². The molecule has 35 heavy (non-hydrogen) atoms. The van der Waals surface area contributed by atoms with Crippen LogP contribution in [0.15, 0.2) is 60.5 Å². The molecule has 3 aromatic rings. The molecule has 10 nitrogen and oxygen atoms in total. The molecule has 0 unspecified atom stereocenters. The lowest BCUT2D eigenvalue weighted by Crippen LogP contribution is -2.37. The number of carbonyl (C=O) groups excluding carboxylic acids is 1. The number of nitrogens with one attached hydrogen (secondary N) is 1. The SMILES string of the molecule is C=CN=C(O[C@@H](COCCO)C(=O)Nc1ccc(Cl)cn1)c1cnn(-c2cccc(Cl)c2Cl)c1N. The second-order valence-electron chi connectivity index (χ2n) is 6.80. The number of halogens is 3. The summed E-state index contributed by atoms with van der Waals surface area (Å²) in [5.41, 5.74) is 7.02. The highest BCUT2D eigenvalue weighted by Gasteiger charge is 2.26. The molecule has 184 valence electrons. The quantitative estimate of drug-likeness (QED) is 0.203. The van der Waals surface area contributed by atoms with Crippen molar-refractivity contribution >= 4 is 58.2 Å². The van der Waals surface area contributed by atoms with E-state index in [4.69, 9.17) is 55.1 Å². The van der Waals surface area contributed by atoms with Crippen LogP contribution < -0.4 is 11.1 Å². The van der Waals surface area contributed by atoms with Gasteiger partial charge in [0.1, 0.15) is 11.6 Å². The van der Waals surface area contributed by atoms with Crippen molar-refractivity contribution in [3.05, 3.63) is 76.1 Å². The topological polar surface area (TPSA) is 137 Å². The Morgan fingerprint density at radius 1 is 1.29 bits per heavy atom. The molecular weight excluding hydrogens is 519 g/mol. The fourth-order valence-corrected chi connectivity index (χ4v) is 3.31. The summed E-state index contributed by atoms with van der Waals surface area (Å²) in [4.78, 5) is 21.1. The van der Waals surface area contributed by atoms with Gasteiger partial charge in [0.25, 0.3) is 5.91 Å². The Bertz CT molecular complexity index is 1220. The Hall–Kier alpha value is -3.15. The van der Waals surface area contributed by atoms with Gasteiger partial charge in [-0.25, -0.2) is 14.7 Å². The first kappa shape index (κ1) is 26.5. The van der Waals surface area contributed by atoms with Gasteiger partial charge in [-0.15, -0.1) is 0 Å². The zero-order valence-electron chi connectivity index (χ0n) is 18.2. The normalized spacial score (nSPS) is 12.3. The van der Waals surface area contributed by atoms with E-state index < -0.39 is 12.0 Å². The minimum atomic E-state index is -1.20. The van der Waals surface area contributed by atoms with Gasteiger partial charge >= 0.3 is 0 Å². The molecule has 0 spiro atoms. The molecule has 0 aliphatic carbocycles. The van der Waals surface area contributed by atoms with Gasteiger partial charge < -0.3 is 25.6 Å². The number of nitrogen functional groups attached to an aromatic ring is 1. The summed E-state index contributed by atoms with van der Waals surface area (Å²) in [5, 5.41) is 16.9. The third kappa shape index (κ3) is 6.71. The number of hydrogen-bond acceptors (Lipinski definition) is 8. The number of nitrogens with two attached hydrogens (primary N) is 1. The Kier molecular flexibility index (Phi) is 9.47. The van der Waals surface area contributed by atoms with Crippen LogP contribution in [0.3, 0.4) is 0 Å². The number of hydrogen-bond donors (Lipinski definition) is 3. The molecule has 13 heteroatoms. The molecule has 2 heterocycles. The van der Waals surface area contributed by atoms with Crippen LogP contribution >= 0.6 is 34.8 Å². The number of amides is 1. The summed E-state index contributed by atoms with van der Waals surface area (Å²) in [6, 6.07) is 8.12. The van der Waals surface area contributed by atoms with Gasteiger partial charge in [-0.05, 0) is 24.3 Å². The van der Waals surface area contributed by atoms with Crippen molar-refractivity contribution in [3.63, 3.8) is 0 Å². The molecular formula is C22H21Cl3N6O4. The van der Waals surface area contributed by atoms with Crippen LogP contribution in [0, 0.1) is 0 Å². The molecule has 0 fully saturated rings. The van der Waals surface area contributed by atoms with Crippen molar-refractivity contribution in [1.82, 2.24) is 14.8 Å². The van der Waals surface area contributed by atoms with Gasteiger partial charge in [0.2, 0.25) is 12.0 Å². The average Bonchev–Trinajstić information content (AvgIpc) is 3.22. The maximum Gasteiger partial charge on any atom is 0.269 e. The van der Waals surface area contributed by atoms with Crippen LogP contribution in [0.2, 0.25) is 15.1 Å². The van der Waals surface area contributed by atoms with Gasteiger partial charge in [0.15, 0.2) is 0 Å². The molecule has 0 bridgehead atoms. The Morgan fingerprint density at radius 3 is 2.77 bits per heavy atom. The summed E-state index contributed by atoms with van der Waals surface area (Å²) >= 11 is 18.3. The van der Waals surface area contributed by atoms with Crippen molar-refractivity contribution < 1.29 is 19.4 Å². The van der Waals surface area contributed by atoms with E-state index in [2.05, 4.69) is 27.0 Å². The van der Waals surface area contributed by atoms with Gasteiger partial charge in [-0.1, -0.05) is 47.4 Å². The summed E-state index contributed by atoms with van der Waals surface area (Å²) in [6.45, 7) is 3.14. The number of rotatable bonds is 10. The Balaban J connectivity index is 1.89. The van der Waals surface area contributed by atoms with Crippen LogP contribution in [0.25, 0.3) is 5.69 Å². The van der Waals surface area contributed by atoms with E-state index in [0.717, 1.165) is 0 Å². The maximum atomic E-state index is 12.9. The summed E-state index contributed by atoms with van der Waals surface area (Å²) < 4.78 is 12.6. The first-order valence-corrected chi connectivity index (χ1v) is 11.2. The average molecular weight is 540 g/mol. The summed E-state index contributed by atoms with van der Waals surface area (Å²) in [5.74, 6) is -0.248. The number of nitrogens with zero attached hydrogens (tertiary/aromatic N) is 4. The van der Waals surface area contributed by atoms with Gasteiger partial charge in [0.05, 0.1) is 52.3 Å². The highest BCUT2D eigenvalue weighted by Crippen LogP contribution is 2.30. The molecule has 0 saturated carbocycles. The molecule has 0 saturated heterocycles. The number of ether oxygens (including phenoxy) is 2. The summed E-state index contributed by atoms with van der Waals surface area (Å²) in [7, 11) is 0. The monoisotopic (exact) mass is 538 g/mol. The standard InChI is InChI=1S/C22H21Cl3N6O4/c1-2-27-22(14-11-29-31(20(14)26)16-5-3-4-15(24)19(16)25)35-17(12-34-9-8-32)21(33)30-18-7-6-13(23)10-28-18/h2-7,10-11,17,32H,1,8-9,12,26H2,(H,28,30,33)/t17-/m0/s1. The second-order valence-corrected chi connectivity index (χ2v) is 8.02. The van der Waals surface area contributed by atoms with E-state index in [0.29, 0.717) is 15.7 Å². The summed E-state index contributed by atoms with van der Waals surface area (Å²) in [6.07, 6.45) is 2.81. The smallest absolute Gasteiger partial charge is 0.269 e. The lowest BCUT2D eigenvalue weighted by molar-refractivity contribution is -0.126. The number of pyridine rings is 1. The van der Waals surface area contributed by atoms with Crippen molar-refractivity contribution in [2.24, 2.45) is 4.99 Å². The minimum absolute atomic E-state index is 0.00634. The largest absolute Gasteiger partial charge is 0.461 e. The Morgan fingerprint density at radius 2 is 2.09 bits per heavy atom. The van der Waals surface area contributed by atoms with Crippen molar-refractivity contribution in [1.29, 1.82) is 0 Å². The molecule has 1 aromatic carbocycles. The number of carbonyl (C=O) groups is 1. The number of aliphatic hydroxyl groups excluding tert-OH is 1. The lowest BCUT2D eigenvalue weighted by Gasteiger charge is -2.19. The molecule has 2 aromatic heterocycles. The lowest BCUT2D eigenvalue weighted by atomic mass is 10.2. The minimum Gasteiger partial charge on any atom is -0.461 e. The van der Waals surface area contributed by atoms with E-state index in [1.54, 1.807) is 24.3 Å². The molecule has 0 radical (unpaired) electrons. The van der Waals surface area contributed by atoms with Crippen LogP contribution in [-0.4, -0.2) is 57.6 Å². The number of benzene rings is 1. The van der Waals surface area contributed by atoms with Crippen molar-refractivity contribution in [3.8, 4) is 5.69 Å². The van der Waals surface area contributed by atoms with Crippen LogP contribution in [0.5, 0.6) is 0 Å². The fraction of sp³-hybridized carbons (Fsp3) is 0.182. The maximum absolute atomic E-state index is 12.9. The molecule has 4 N–H and O–H groups in total. The van der Waals surface area contributed by atoms with Crippen LogP contribution in [0.4, 0.5) is 11.6 Å². The number of anilines is 2. The highest BCUT2D eigenvalue weighted by molar-refractivity contribution is 6.43. The van der Waals surface area contributed by atoms with E-state index in [1.807, 2.05) is 0 Å². The predicted octanol–water partition coefficient (Wildman–Crippen LogP) is 3.73. The van der Waals surface area contributed by atoms with Gasteiger partial charge in [0, 0.05) is 12.4 Å². The molecule has 0 aliphatic heterocycles. The Labute approximate surface area is 215 Å². The van der Waals surface area contributed by atoms with Crippen LogP contribution in [-0.2, 0) is 14.3 Å². The van der Waals surface area contributed by atoms with Gasteiger partial charge in [-0.2, -0.15) is 5.10 Å². The van der Waals surface area contributed by atoms with Crippen LogP contribution in [0.1, 0.15) is 5.56 Å². The number of aromatic nitrogens is 3. The first-order chi connectivity index (χ1) is 16.8. The van der Waals surface area contributed by atoms with Crippen molar-refractivity contribution in [2.75, 3.05) is 30.9 Å². The zero-order chi connectivity index (χ0) is 25.4. The van der Waals surface area contributed by atoms with E-state index in [9.17, 15) is 4.79 Å². The third-order valence-corrected chi connectivity index (χ3v) is 5.47. The molecule has 1 amide bonds. The first-order valence-electron chi connectivity index (χ1n) is 10.1. The number of aliphatic hydroxyl groups is 1. The highest BCUT2D eigenvalue weighted by atomic mass is 35.5. The third-order valence-electron chi connectivity index (χ3n) is 4.43. The number of aliphatic imine (C=N–C) groups is 1. The second kappa shape index (κ2) is 12.5. The fourth-order valence-electron chi connectivity index (χ4n) is 2.83. The molecule has 0 aliphatic rings. The molecule has 1 atom stereocenters. The zero-order valence-corrected chi connectivity index (χ0v) is 20.5. The van der Waals surface area contributed by atoms with E-state index in [1.165, 1.54) is 29.3 Å². The predicted molar refractivity (Wildman–Crippen MR) is 135 cm³/mol. The molecule has 3 rings (SSSR count). The van der Waals surface area contributed by atoms with E-state index >= 15 is 0 Å². The van der Waals surface area contributed by atoms with Crippen molar-refractivity contribution in [2.45, 2.75) is 6.10 Å². The van der Waals surface area contributed by atoms with E-state index in [-0.39, 0.29) is 47.9 Å².